The van der Waals surface area contributed by atoms with Crippen molar-refractivity contribution in [3.8, 4) is 0 Å². The van der Waals surface area contributed by atoms with Gasteiger partial charge in [-0.15, -0.1) is 0 Å². The van der Waals surface area contributed by atoms with Crippen molar-refractivity contribution in [1.82, 2.24) is 0 Å². The van der Waals surface area contributed by atoms with E-state index in [0.717, 1.165) is 63.4 Å². The van der Waals surface area contributed by atoms with Gasteiger partial charge in [0.25, 0.3) is 0 Å². The highest BCUT2D eigenvalue weighted by molar-refractivity contribution is 5.75. The second-order valence-electron chi connectivity index (χ2n) is 9.62. The lowest BCUT2D eigenvalue weighted by Crippen LogP contribution is -2.59. The van der Waals surface area contributed by atoms with Crippen LogP contribution in [0.5, 0.6) is 0 Å². The first-order valence-electron chi connectivity index (χ1n) is 9.30. The highest BCUT2D eigenvalue weighted by atomic mass is 16.4. The van der Waals surface area contributed by atoms with Crippen molar-refractivity contribution in [1.29, 1.82) is 0 Å². The molecule has 4 aliphatic carbocycles. The number of rotatable bonds is 1. The molecule has 2 N–H and O–H groups in total. The Bertz CT molecular complexity index is 583. The molecule has 4 fully saturated rings. The van der Waals surface area contributed by atoms with Gasteiger partial charge in [0.15, 0.2) is 0 Å². The molecular weight excluding hydrogens is 288 g/mol. The molecule has 3 heteroatoms. The largest absolute Gasteiger partial charge is 0.481 e. The van der Waals surface area contributed by atoms with E-state index in [2.05, 4.69) is 13.5 Å². The summed E-state index contributed by atoms with van der Waals surface area (Å²) in [6.07, 6.45) is 8.75. The summed E-state index contributed by atoms with van der Waals surface area (Å²) in [6, 6.07) is 0. The van der Waals surface area contributed by atoms with Gasteiger partial charge in [-0.3, -0.25) is 4.79 Å². The monoisotopic (exact) mass is 318 g/mol. The first-order chi connectivity index (χ1) is 10.7. The van der Waals surface area contributed by atoms with Gasteiger partial charge >= 0.3 is 5.97 Å². The molecule has 1 spiro atoms. The van der Waals surface area contributed by atoms with E-state index < -0.39 is 17.0 Å². The van der Waals surface area contributed by atoms with Crippen LogP contribution in [0.1, 0.15) is 71.6 Å². The predicted octanol–water partition coefficient (Wildman–Crippen LogP) is 4.16. The molecule has 0 aromatic rings. The molecule has 0 amide bonds. The zero-order valence-corrected chi connectivity index (χ0v) is 14.5. The van der Waals surface area contributed by atoms with E-state index in [1.165, 1.54) is 0 Å². The molecule has 3 nitrogen and oxygen atoms in total. The van der Waals surface area contributed by atoms with Crippen molar-refractivity contribution in [3.05, 3.63) is 12.2 Å². The Kier molecular flexibility index (Phi) is 3.01. The standard InChI is InChI=1S/C20H30O3/c1-13-11-19-9-5-14-17(2,7-4-8-18(14,3)16(21)22)15(19)6-10-20(13,23)12-19/h14-15,23H,1,4-12H2,2-3H3,(H,21,22)/t14-,15-,17+,18+,19?,20-/m0/s1. The summed E-state index contributed by atoms with van der Waals surface area (Å²) in [5.74, 6) is 0.219. The zero-order valence-electron chi connectivity index (χ0n) is 14.5. The molecule has 4 rings (SSSR count). The van der Waals surface area contributed by atoms with Crippen LogP contribution < -0.4 is 0 Å². The second-order valence-corrected chi connectivity index (χ2v) is 9.62. The molecule has 2 bridgehead atoms. The Hall–Kier alpha value is -0.830. The Morgan fingerprint density at radius 2 is 1.83 bits per heavy atom. The van der Waals surface area contributed by atoms with E-state index in [0.29, 0.717) is 5.92 Å². The highest BCUT2D eigenvalue weighted by Gasteiger charge is 2.67. The Morgan fingerprint density at radius 3 is 2.52 bits per heavy atom. The lowest BCUT2D eigenvalue weighted by Gasteiger charge is -2.63. The van der Waals surface area contributed by atoms with Gasteiger partial charge in [-0.1, -0.05) is 19.9 Å². The van der Waals surface area contributed by atoms with Crippen molar-refractivity contribution >= 4 is 5.97 Å². The summed E-state index contributed by atoms with van der Waals surface area (Å²) in [5.41, 5.74) is 0.128. The number of aliphatic hydroxyl groups is 1. The fourth-order valence-electron chi connectivity index (χ4n) is 7.61. The van der Waals surface area contributed by atoms with E-state index >= 15 is 0 Å². The molecule has 1 unspecified atom stereocenters. The third-order valence-corrected chi connectivity index (χ3v) is 8.65. The van der Waals surface area contributed by atoms with Crippen molar-refractivity contribution in [2.45, 2.75) is 77.2 Å². The molecule has 128 valence electrons. The molecule has 4 aliphatic rings. The predicted molar refractivity (Wildman–Crippen MR) is 88.9 cm³/mol. The Balaban J connectivity index is 1.76. The van der Waals surface area contributed by atoms with Crippen LogP contribution in [-0.4, -0.2) is 21.8 Å². The van der Waals surface area contributed by atoms with Crippen LogP contribution in [0.3, 0.4) is 0 Å². The van der Waals surface area contributed by atoms with Gasteiger partial charge in [-0.25, -0.2) is 0 Å². The summed E-state index contributed by atoms with van der Waals surface area (Å²) >= 11 is 0. The maximum absolute atomic E-state index is 12.0. The number of carboxylic acids is 1. The molecule has 0 aliphatic heterocycles. The molecular formula is C20H30O3. The Morgan fingerprint density at radius 1 is 1.13 bits per heavy atom. The zero-order chi connectivity index (χ0) is 16.7. The normalized spacial score (nSPS) is 55.2. The van der Waals surface area contributed by atoms with Crippen LogP contribution in [0.15, 0.2) is 12.2 Å². The first kappa shape index (κ1) is 15.7. The molecule has 0 aromatic heterocycles. The molecule has 0 aromatic carbocycles. The second kappa shape index (κ2) is 4.41. The smallest absolute Gasteiger partial charge is 0.309 e. The highest BCUT2D eigenvalue weighted by Crippen LogP contribution is 2.72. The fraction of sp³-hybridized carbons (Fsp3) is 0.850. The summed E-state index contributed by atoms with van der Waals surface area (Å²) < 4.78 is 0. The fourth-order valence-corrected chi connectivity index (χ4v) is 7.61. The number of hydrogen-bond acceptors (Lipinski definition) is 2. The summed E-state index contributed by atoms with van der Waals surface area (Å²) in [5, 5.41) is 20.8. The van der Waals surface area contributed by atoms with Crippen molar-refractivity contribution in [3.63, 3.8) is 0 Å². The summed E-state index contributed by atoms with van der Waals surface area (Å²) in [4.78, 5) is 12.0. The molecule has 4 saturated carbocycles. The first-order valence-corrected chi connectivity index (χ1v) is 9.30. The van der Waals surface area contributed by atoms with Gasteiger partial charge in [-0.2, -0.15) is 0 Å². The minimum Gasteiger partial charge on any atom is -0.481 e. The number of aliphatic carboxylic acids is 1. The van der Waals surface area contributed by atoms with Gasteiger partial charge in [0.1, 0.15) is 0 Å². The van der Waals surface area contributed by atoms with Gasteiger partial charge in [0, 0.05) is 0 Å². The summed E-state index contributed by atoms with van der Waals surface area (Å²) in [7, 11) is 0. The minimum absolute atomic E-state index is 0.107. The third-order valence-electron chi connectivity index (χ3n) is 8.65. The van der Waals surface area contributed by atoms with Crippen LogP contribution in [0.2, 0.25) is 0 Å². The maximum Gasteiger partial charge on any atom is 0.309 e. The van der Waals surface area contributed by atoms with Crippen LogP contribution >= 0.6 is 0 Å². The van der Waals surface area contributed by atoms with Crippen molar-refractivity contribution in [2.75, 3.05) is 0 Å². The number of hydrogen-bond donors (Lipinski definition) is 2. The quantitative estimate of drug-likeness (QED) is 0.714. The molecule has 0 radical (unpaired) electrons. The Labute approximate surface area is 139 Å². The van der Waals surface area contributed by atoms with Crippen LogP contribution in [0.25, 0.3) is 0 Å². The van der Waals surface area contributed by atoms with E-state index in [1.54, 1.807) is 0 Å². The van der Waals surface area contributed by atoms with Crippen molar-refractivity contribution in [2.24, 2.45) is 28.1 Å². The van der Waals surface area contributed by atoms with Crippen LogP contribution in [0, 0.1) is 28.1 Å². The topological polar surface area (TPSA) is 57.5 Å². The molecule has 6 atom stereocenters. The average Bonchev–Trinajstić information content (AvgIpc) is 2.63. The van der Waals surface area contributed by atoms with Gasteiger partial charge in [0.05, 0.1) is 11.0 Å². The average molecular weight is 318 g/mol. The number of carboxylic acid groups (broad SMARTS) is 1. The lowest BCUT2D eigenvalue weighted by atomic mass is 9.41. The molecule has 23 heavy (non-hydrogen) atoms. The molecule has 0 heterocycles. The van der Waals surface area contributed by atoms with Gasteiger partial charge in [-0.05, 0) is 86.5 Å². The van der Waals surface area contributed by atoms with Crippen LogP contribution in [0.4, 0.5) is 0 Å². The van der Waals surface area contributed by atoms with Crippen LogP contribution in [-0.2, 0) is 4.79 Å². The number of fused-ring (bicyclic) bond motifs is 3. The summed E-state index contributed by atoms with van der Waals surface area (Å²) in [6.45, 7) is 8.55. The van der Waals surface area contributed by atoms with Gasteiger partial charge < -0.3 is 10.2 Å². The van der Waals surface area contributed by atoms with Gasteiger partial charge in [0.2, 0.25) is 0 Å². The van der Waals surface area contributed by atoms with E-state index in [-0.39, 0.29) is 16.7 Å². The van der Waals surface area contributed by atoms with E-state index in [1.807, 2.05) is 6.92 Å². The number of carbonyl (C=O) groups is 1. The SMILES string of the molecule is C=C1CC23CC[C@H]4[C@@](C)(CCC[C@@]4(C)C(=O)O)[C@@H]2CC[C@]1(O)C3. The lowest BCUT2D eigenvalue weighted by molar-refractivity contribution is -0.186. The van der Waals surface area contributed by atoms with E-state index in [9.17, 15) is 15.0 Å². The maximum atomic E-state index is 12.0. The minimum atomic E-state index is -0.634. The van der Waals surface area contributed by atoms with Crippen molar-refractivity contribution < 1.29 is 15.0 Å². The third kappa shape index (κ3) is 1.78. The van der Waals surface area contributed by atoms with E-state index in [4.69, 9.17) is 0 Å². The molecule has 0 saturated heterocycles.